The molecule has 0 aliphatic carbocycles. The lowest BCUT2D eigenvalue weighted by Gasteiger charge is -2.49. The summed E-state index contributed by atoms with van der Waals surface area (Å²) in [6.45, 7) is 0.274. The van der Waals surface area contributed by atoms with Crippen LogP contribution in [0.25, 0.3) is 11.0 Å². The van der Waals surface area contributed by atoms with Gasteiger partial charge in [0.1, 0.15) is 28.4 Å². The third-order valence-corrected chi connectivity index (χ3v) is 7.45. The quantitative estimate of drug-likeness (QED) is 0.122. The molecule has 14 heteroatoms. The molecule has 34 heavy (non-hydrogen) atoms. The molecule has 5 rings (SSSR count). The van der Waals surface area contributed by atoms with Gasteiger partial charge in [0, 0.05) is 22.8 Å². The number of hydrogen-bond acceptors (Lipinski definition) is 10. The van der Waals surface area contributed by atoms with E-state index < -0.39 is 29.2 Å². The highest BCUT2D eigenvalue weighted by Gasteiger charge is 2.54. The summed E-state index contributed by atoms with van der Waals surface area (Å²) in [5.74, 6) is -2.26. The number of rotatable bonds is 6. The number of hydrogen-bond donors (Lipinski definition) is 4. The average Bonchev–Trinajstić information content (AvgIpc) is 3.46. The van der Waals surface area contributed by atoms with Gasteiger partial charge in [-0.05, 0) is 6.07 Å². The molecule has 3 aromatic heterocycles. The number of carbonyl (C=O) groups is 3. The first-order chi connectivity index (χ1) is 16.4. The van der Waals surface area contributed by atoms with Gasteiger partial charge in [-0.25, -0.2) is 14.3 Å². The lowest BCUT2D eigenvalue weighted by Crippen LogP contribution is -2.71. The van der Waals surface area contributed by atoms with Crippen LogP contribution >= 0.6 is 23.1 Å². The van der Waals surface area contributed by atoms with Gasteiger partial charge in [0.05, 0.1) is 11.6 Å². The van der Waals surface area contributed by atoms with Crippen molar-refractivity contribution in [1.29, 1.82) is 0 Å². The summed E-state index contributed by atoms with van der Waals surface area (Å²) in [6, 6.07) is 2.61. The van der Waals surface area contributed by atoms with Crippen LogP contribution in [0.15, 0.2) is 57.0 Å². The number of thiazole rings is 1. The first-order valence-corrected chi connectivity index (χ1v) is 11.8. The van der Waals surface area contributed by atoms with E-state index in [4.69, 9.17) is 10.2 Å². The summed E-state index contributed by atoms with van der Waals surface area (Å²) in [4.78, 5) is 42.7. The molecule has 1 fully saturated rings. The van der Waals surface area contributed by atoms with E-state index in [0.717, 1.165) is 16.7 Å². The highest BCUT2D eigenvalue weighted by atomic mass is 32.2. The summed E-state index contributed by atoms with van der Waals surface area (Å²) < 4.78 is 7.15. The van der Waals surface area contributed by atoms with Crippen molar-refractivity contribution in [3.05, 3.63) is 53.1 Å². The lowest BCUT2D eigenvalue weighted by atomic mass is 10.0. The van der Waals surface area contributed by atoms with Crippen LogP contribution in [0.2, 0.25) is 0 Å². The zero-order valence-corrected chi connectivity index (χ0v) is 18.9. The number of anilines is 1. The van der Waals surface area contributed by atoms with Gasteiger partial charge in [-0.3, -0.25) is 14.5 Å². The number of nitrogens with one attached hydrogen (secondary N) is 1. The Hall–Kier alpha value is -3.91. The fraction of sp³-hybridized carbons (Fsp3) is 0.200. The molecule has 5 N–H and O–H groups in total. The molecule has 0 saturated carbocycles. The molecule has 3 aromatic rings. The van der Waals surface area contributed by atoms with Gasteiger partial charge in [0.25, 0.3) is 11.8 Å². The second kappa shape index (κ2) is 8.46. The Morgan fingerprint density at radius 3 is 2.94 bits per heavy atom. The molecule has 0 bridgehead atoms. The fourth-order valence-electron chi connectivity index (χ4n) is 3.90. The Morgan fingerprint density at radius 2 is 2.24 bits per heavy atom. The molecule has 0 spiro atoms. The molecule has 2 aliphatic heterocycles. The van der Waals surface area contributed by atoms with Crippen molar-refractivity contribution in [2.45, 2.75) is 18.0 Å². The van der Waals surface area contributed by atoms with Gasteiger partial charge in [0.2, 0.25) is 0 Å². The molecule has 0 radical (unpaired) electrons. The molecule has 2 atom stereocenters. The highest BCUT2D eigenvalue weighted by Crippen LogP contribution is 2.40. The maximum Gasteiger partial charge on any atom is 0.352 e. The molecular weight excluding hydrogens is 484 g/mol. The maximum absolute atomic E-state index is 12.9. The standard InChI is InChI=1S/C20H16N6O6S2/c21-20-22-11(8-34-20)13(24-31)16(27)23-14-17(28)26-15(19(29)30)10(7-33-18(14)26)6-25-3-1-12-9(5-25)2-4-32-12/h1-5,8,14,18H,6-7H2,(H4-,21,22,23,27,29,30,31)/p+1/t14?,18-/m0/s1. The zero-order chi connectivity index (χ0) is 24.0. The predicted molar refractivity (Wildman–Crippen MR) is 121 cm³/mol. The first-order valence-electron chi connectivity index (χ1n) is 9.88. The maximum atomic E-state index is 12.9. The fourth-order valence-corrected chi connectivity index (χ4v) is 5.78. The Labute approximate surface area is 199 Å². The van der Waals surface area contributed by atoms with Crippen LogP contribution in [-0.2, 0) is 20.9 Å². The van der Waals surface area contributed by atoms with Gasteiger partial charge in [-0.1, -0.05) is 5.16 Å². The van der Waals surface area contributed by atoms with Crippen molar-refractivity contribution >= 4 is 62.7 Å². The molecule has 2 amide bonds. The van der Waals surface area contributed by atoms with Gasteiger partial charge >= 0.3 is 5.97 Å². The van der Waals surface area contributed by atoms with Crippen molar-refractivity contribution in [2.24, 2.45) is 5.16 Å². The monoisotopic (exact) mass is 501 g/mol. The van der Waals surface area contributed by atoms with E-state index in [1.807, 2.05) is 10.8 Å². The van der Waals surface area contributed by atoms with Crippen molar-refractivity contribution < 1.29 is 33.7 Å². The number of fused-ring (bicyclic) bond motifs is 2. The van der Waals surface area contributed by atoms with Crippen LogP contribution < -0.4 is 15.6 Å². The van der Waals surface area contributed by atoms with Gasteiger partial charge < -0.3 is 25.8 Å². The molecule has 174 valence electrons. The van der Waals surface area contributed by atoms with Gasteiger partial charge in [-0.2, -0.15) is 0 Å². The van der Waals surface area contributed by atoms with Crippen LogP contribution in [0.3, 0.4) is 0 Å². The third kappa shape index (κ3) is 3.66. The second-order valence-corrected chi connectivity index (χ2v) is 9.49. The lowest BCUT2D eigenvalue weighted by molar-refractivity contribution is -0.687. The number of furan rings is 1. The number of thioether (sulfide) groups is 1. The summed E-state index contributed by atoms with van der Waals surface area (Å²) in [5, 5.41) is 26.5. The molecule has 1 saturated heterocycles. The molecular formula is C20H17N6O6S2+. The Bertz CT molecular complexity index is 1390. The Balaban J connectivity index is 1.35. The Morgan fingerprint density at radius 1 is 1.41 bits per heavy atom. The number of pyridine rings is 1. The number of nitrogen functional groups attached to an aromatic ring is 1. The number of carboxylic acid groups (broad SMARTS) is 1. The molecule has 0 aromatic carbocycles. The number of nitrogens with zero attached hydrogens (tertiary/aromatic N) is 4. The molecule has 2 aliphatic rings. The number of amides is 2. The number of aliphatic carboxylic acids is 1. The van der Waals surface area contributed by atoms with Crippen molar-refractivity contribution in [2.75, 3.05) is 11.5 Å². The van der Waals surface area contributed by atoms with E-state index in [1.54, 1.807) is 24.6 Å². The molecule has 1 unspecified atom stereocenters. The topological polar surface area (TPSA) is 175 Å². The minimum absolute atomic E-state index is 0.0717. The van der Waals surface area contributed by atoms with E-state index in [-0.39, 0.29) is 28.8 Å². The van der Waals surface area contributed by atoms with Crippen LogP contribution in [0.1, 0.15) is 5.69 Å². The normalized spacial score (nSPS) is 20.3. The summed E-state index contributed by atoms with van der Waals surface area (Å²) >= 11 is 2.41. The number of carbonyl (C=O) groups excluding carboxylic acids is 2. The second-order valence-electron chi connectivity index (χ2n) is 7.50. The number of nitrogens with two attached hydrogens (primary N) is 1. The summed E-state index contributed by atoms with van der Waals surface area (Å²) in [6.07, 6.45) is 5.18. The van der Waals surface area contributed by atoms with Crippen molar-refractivity contribution in [3.63, 3.8) is 0 Å². The largest absolute Gasteiger partial charge is 0.477 e. The zero-order valence-electron chi connectivity index (χ0n) is 17.2. The SMILES string of the molecule is Nc1nc(C(=NO)C(=O)NC2C(=O)N3C(C(=O)O)=C(C[n+]4ccc5occc5c4)CS[C@@H]23)cs1. The van der Waals surface area contributed by atoms with E-state index in [2.05, 4.69) is 15.5 Å². The van der Waals surface area contributed by atoms with Crippen LogP contribution in [0.5, 0.6) is 0 Å². The van der Waals surface area contributed by atoms with Crippen LogP contribution in [-0.4, -0.2) is 60.9 Å². The van der Waals surface area contributed by atoms with E-state index in [1.165, 1.54) is 22.0 Å². The van der Waals surface area contributed by atoms with Gasteiger partial charge in [-0.15, -0.1) is 23.1 Å². The van der Waals surface area contributed by atoms with Gasteiger partial charge in [0.15, 0.2) is 29.8 Å². The Kier molecular flexibility index (Phi) is 5.45. The van der Waals surface area contributed by atoms with E-state index in [9.17, 15) is 24.7 Å². The number of carboxylic acids is 1. The van der Waals surface area contributed by atoms with Crippen molar-refractivity contribution in [1.82, 2.24) is 15.2 Å². The predicted octanol–water partition coefficient (Wildman–Crippen LogP) is 0.376. The number of aromatic nitrogens is 2. The highest BCUT2D eigenvalue weighted by molar-refractivity contribution is 8.00. The third-order valence-electron chi connectivity index (χ3n) is 5.44. The van der Waals surface area contributed by atoms with Crippen LogP contribution in [0.4, 0.5) is 5.13 Å². The number of oxime groups is 1. The molecule has 12 nitrogen and oxygen atoms in total. The smallest absolute Gasteiger partial charge is 0.352 e. The first kappa shape index (κ1) is 21.9. The minimum atomic E-state index is -1.22. The average molecular weight is 502 g/mol. The number of β-lactam (4-membered cyclic amide) rings is 1. The van der Waals surface area contributed by atoms with E-state index >= 15 is 0 Å². The summed E-state index contributed by atoms with van der Waals surface area (Å²) in [5.41, 5.74) is 6.43. The van der Waals surface area contributed by atoms with Crippen LogP contribution in [0, 0.1) is 0 Å². The van der Waals surface area contributed by atoms with E-state index in [0.29, 0.717) is 16.9 Å². The minimum Gasteiger partial charge on any atom is -0.477 e. The molecule has 5 heterocycles. The summed E-state index contributed by atoms with van der Waals surface area (Å²) in [7, 11) is 0. The van der Waals surface area contributed by atoms with Crippen molar-refractivity contribution in [3.8, 4) is 0 Å².